The number of pyridine rings is 1. The van der Waals surface area contributed by atoms with Crippen molar-refractivity contribution < 1.29 is 34.6 Å². The largest absolute Gasteiger partial charge is 0.508 e. The number of aromatic nitrogens is 3. The molecule has 2 aromatic carbocycles. The zero-order valence-corrected chi connectivity index (χ0v) is 26.0. The number of aromatic hydroxyl groups is 1. The monoisotopic (exact) mass is 648 g/mol. The number of piperidine rings is 1. The van der Waals surface area contributed by atoms with Crippen molar-refractivity contribution in [1.82, 2.24) is 19.9 Å². The van der Waals surface area contributed by atoms with Crippen LogP contribution in [0.15, 0.2) is 42.4 Å². The minimum atomic E-state index is -2.77. The molecule has 2 saturated heterocycles. The number of hydrogen-bond donors (Lipinski definition) is 1. The third-order valence-electron chi connectivity index (χ3n) is 9.58. The molecule has 0 amide bonds. The summed E-state index contributed by atoms with van der Waals surface area (Å²) in [4.78, 5) is 16.8. The molecule has 0 bridgehead atoms. The molecule has 4 aromatic rings. The molecule has 5 atom stereocenters. The van der Waals surface area contributed by atoms with E-state index in [1.54, 1.807) is 18.7 Å². The van der Waals surface area contributed by atoms with Crippen LogP contribution in [0.25, 0.3) is 32.9 Å². The van der Waals surface area contributed by atoms with E-state index < -0.39 is 61.5 Å². The van der Waals surface area contributed by atoms with Gasteiger partial charge in [-0.05, 0) is 56.4 Å². The third-order valence-corrected chi connectivity index (χ3v) is 9.58. The van der Waals surface area contributed by atoms with Gasteiger partial charge in [0.2, 0.25) is 0 Å². The number of rotatable bonds is 5. The molecule has 47 heavy (non-hydrogen) atoms. The minimum absolute atomic E-state index is 0.0206. The molecule has 1 saturated carbocycles. The number of ether oxygens (including phenoxy) is 2. The van der Waals surface area contributed by atoms with Crippen LogP contribution in [0, 0.1) is 36.4 Å². The SMILES string of the molecule is [2H]C([2H])([2H])N1C[C@@](C)(C([2H])([2H])Oc2nc(N3CCOC[C@H]4[C@H](F)[C@H]43)c3cnc(-c4cc(O)cc5ccc(F)c(C#C)c45)c(C)c3n2)/C(=C/F)C[C@H]1C. The molecule has 1 N–H and O–H groups in total. The van der Waals surface area contributed by atoms with Crippen LogP contribution in [0.3, 0.4) is 0 Å². The topological polar surface area (TPSA) is 83.8 Å². The van der Waals surface area contributed by atoms with Gasteiger partial charge in [-0.2, -0.15) is 9.97 Å². The van der Waals surface area contributed by atoms with Crippen LogP contribution in [0.4, 0.5) is 19.0 Å². The summed E-state index contributed by atoms with van der Waals surface area (Å²) in [5.74, 6) is 1.40. The van der Waals surface area contributed by atoms with E-state index in [2.05, 4.69) is 15.9 Å². The molecular weight excluding hydrogens is 607 g/mol. The Balaban J connectivity index is 1.42. The van der Waals surface area contributed by atoms with Gasteiger partial charge in [0.1, 0.15) is 30.1 Å². The van der Waals surface area contributed by atoms with Crippen molar-refractivity contribution in [1.29, 1.82) is 0 Å². The molecular formula is C36H36F3N5O3. The Morgan fingerprint density at radius 3 is 2.94 bits per heavy atom. The highest BCUT2D eigenvalue weighted by Gasteiger charge is 2.56. The Bertz CT molecular complexity index is 2180. The Morgan fingerprint density at radius 1 is 1.34 bits per heavy atom. The predicted molar refractivity (Wildman–Crippen MR) is 174 cm³/mol. The maximum Gasteiger partial charge on any atom is 0.318 e. The van der Waals surface area contributed by atoms with Crippen LogP contribution in [0.1, 0.15) is 38.2 Å². The first-order valence-corrected chi connectivity index (χ1v) is 15.3. The lowest BCUT2D eigenvalue weighted by Crippen LogP contribution is -2.48. The van der Waals surface area contributed by atoms with Gasteiger partial charge in [-0.1, -0.05) is 18.9 Å². The van der Waals surface area contributed by atoms with Gasteiger partial charge in [0.05, 0.1) is 50.5 Å². The number of phenolic OH excluding ortho intramolecular Hbond substituents is 1. The van der Waals surface area contributed by atoms with Crippen LogP contribution >= 0.6 is 0 Å². The Morgan fingerprint density at radius 2 is 2.17 bits per heavy atom. The molecule has 4 heterocycles. The number of aryl methyl sites for hydroxylation is 1. The van der Waals surface area contributed by atoms with Gasteiger partial charge in [-0.25, -0.2) is 13.2 Å². The average molecular weight is 649 g/mol. The van der Waals surface area contributed by atoms with Gasteiger partial charge >= 0.3 is 6.01 Å². The van der Waals surface area contributed by atoms with Gasteiger partial charge in [0.15, 0.2) is 0 Å². The van der Waals surface area contributed by atoms with Gasteiger partial charge in [0, 0.05) is 57.3 Å². The lowest BCUT2D eigenvalue weighted by molar-refractivity contribution is 0.0826. The maximum absolute atomic E-state index is 15.1. The molecule has 0 spiro atoms. The molecule has 7 rings (SSSR count). The summed E-state index contributed by atoms with van der Waals surface area (Å²) in [7, 11) is 0. The zero-order valence-electron chi connectivity index (χ0n) is 31.0. The second-order valence-electron chi connectivity index (χ2n) is 12.7. The molecule has 2 aliphatic heterocycles. The Labute approximate surface area is 278 Å². The first-order valence-electron chi connectivity index (χ1n) is 17.8. The van der Waals surface area contributed by atoms with Crippen molar-refractivity contribution in [2.45, 2.75) is 45.4 Å². The summed E-state index contributed by atoms with van der Waals surface area (Å²) < 4.78 is 98.6. The van der Waals surface area contributed by atoms with Gasteiger partial charge in [0.25, 0.3) is 0 Å². The standard InChI is InChI=1S/C36H36F3N5O3/c1-6-24-28(38)8-7-21-12-23(45)13-25(29(21)24)31-20(3)32-26(15-40-31)34(44-9-10-46-16-27-30(39)33(27)44)42-35(41-32)47-18-36(4)17-43(5)19(2)11-22(36)14-37/h1,7-8,12-15,19,27,30,33,45H,9-11,16-18H2,2-5H3/b22-14+/t19-,27+,30+,33+,36+/m1/s1/i5D3,18D2. The number of likely N-dealkylation sites (tertiary alicyclic amines) is 1. The summed E-state index contributed by atoms with van der Waals surface area (Å²) in [6, 6.07) is 3.88. The van der Waals surface area contributed by atoms with E-state index in [1.807, 2.05) is 0 Å². The lowest BCUT2D eigenvalue weighted by Gasteiger charge is -2.43. The average Bonchev–Trinajstić information content (AvgIpc) is 3.78. The fourth-order valence-electron chi connectivity index (χ4n) is 6.83. The minimum Gasteiger partial charge on any atom is -0.508 e. The zero-order chi connectivity index (χ0) is 37.5. The third kappa shape index (κ3) is 5.24. The van der Waals surface area contributed by atoms with E-state index in [0.29, 0.717) is 33.6 Å². The summed E-state index contributed by atoms with van der Waals surface area (Å²) in [5, 5.41) is 11.8. The van der Waals surface area contributed by atoms with Crippen LogP contribution < -0.4 is 9.64 Å². The number of halogens is 3. The van der Waals surface area contributed by atoms with Gasteiger partial charge in [-0.15, -0.1) is 6.42 Å². The highest BCUT2D eigenvalue weighted by atomic mass is 19.1. The van der Waals surface area contributed by atoms with E-state index in [9.17, 15) is 13.9 Å². The first kappa shape index (κ1) is 25.7. The van der Waals surface area contributed by atoms with Crippen molar-refractivity contribution in [2.24, 2.45) is 11.3 Å². The molecule has 244 valence electrons. The van der Waals surface area contributed by atoms with Crippen molar-refractivity contribution in [2.75, 3.05) is 44.7 Å². The highest BCUT2D eigenvalue weighted by Crippen LogP contribution is 2.46. The van der Waals surface area contributed by atoms with Crippen LogP contribution in [0.2, 0.25) is 0 Å². The number of benzene rings is 2. The molecule has 0 radical (unpaired) electrons. The Hall–Kier alpha value is -4.40. The lowest BCUT2D eigenvalue weighted by atomic mass is 9.76. The first-order chi connectivity index (χ1) is 24.5. The summed E-state index contributed by atoms with van der Waals surface area (Å²) >= 11 is 0. The van der Waals surface area contributed by atoms with Crippen molar-refractivity contribution in [3.63, 3.8) is 0 Å². The molecule has 0 unspecified atom stereocenters. The van der Waals surface area contributed by atoms with Crippen molar-refractivity contribution in [3.8, 4) is 35.4 Å². The molecule has 8 nitrogen and oxygen atoms in total. The second-order valence-corrected chi connectivity index (χ2v) is 12.7. The fourth-order valence-corrected chi connectivity index (χ4v) is 6.83. The predicted octanol–water partition coefficient (Wildman–Crippen LogP) is 6.12. The summed E-state index contributed by atoms with van der Waals surface area (Å²) in [5.41, 5.74) is -0.626. The van der Waals surface area contributed by atoms with E-state index in [4.69, 9.17) is 27.7 Å². The number of phenols is 1. The van der Waals surface area contributed by atoms with Crippen LogP contribution in [-0.2, 0) is 4.74 Å². The van der Waals surface area contributed by atoms with E-state index in [0.717, 1.165) is 4.90 Å². The summed E-state index contributed by atoms with van der Waals surface area (Å²) in [6.07, 6.45) is 6.21. The van der Waals surface area contributed by atoms with Crippen molar-refractivity contribution >= 4 is 27.5 Å². The number of fused-ring (bicyclic) bond motifs is 3. The normalized spacial score (nSPS) is 29.3. The molecule has 3 fully saturated rings. The summed E-state index contributed by atoms with van der Waals surface area (Å²) in [6.45, 7) is -0.362. The van der Waals surface area contributed by atoms with Crippen LogP contribution in [-0.4, -0.2) is 83.1 Å². The quantitative estimate of drug-likeness (QED) is 0.260. The van der Waals surface area contributed by atoms with Gasteiger partial charge in [-0.3, -0.25) is 4.98 Å². The molecule has 1 aliphatic carbocycles. The fraction of sp³-hybridized carbons (Fsp3) is 0.417. The van der Waals surface area contributed by atoms with Gasteiger partial charge < -0.3 is 24.4 Å². The smallest absolute Gasteiger partial charge is 0.318 e. The number of anilines is 1. The van der Waals surface area contributed by atoms with Crippen LogP contribution in [0.5, 0.6) is 11.8 Å². The number of hydrogen-bond acceptors (Lipinski definition) is 8. The van der Waals surface area contributed by atoms with E-state index in [-0.39, 0.29) is 60.1 Å². The molecule has 3 aliphatic rings. The van der Waals surface area contributed by atoms with E-state index >= 15 is 4.39 Å². The molecule has 2 aromatic heterocycles. The van der Waals surface area contributed by atoms with E-state index in [1.165, 1.54) is 37.4 Å². The number of terminal acetylenes is 1. The number of nitrogens with zero attached hydrogens (tertiary/aromatic N) is 5. The maximum atomic E-state index is 15.1. The second kappa shape index (κ2) is 11.7. The highest BCUT2D eigenvalue weighted by molar-refractivity contribution is 6.04. The number of alkyl halides is 1. The van der Waals surface area contributed by atoms with Crippen molar-refractivity contribution in [3.05, 3.63) is 59.3 Å². The Kier molecular flexibility index (Phi) is 6.38. The molecule has 11 heteroatoms.